The second-order valence-electron chi connectivity index (χ2n) is 5.52. The number of benzene rings is 1. The van der Waals surface area contributed by atoms with Crippen molar-refractivity contribution in [3.63, 3.8) is 0 Å². The van der Waals surface area contributed by atoms with Crippen molar-refractivity contribution < 1.29 is 4.79 Å². The van der Waals surface area contributed by atoms with Gasteiger partial charge in [-0.3, -0.25) is 4.79 Å². The van der Waals surface area contributed by atoms with Crippen LogP contribution in [-0.2, 0) is 4.79 Å². The highest BCUT2D eigenvalue weighted by molar-refractivity contribution is 9.10. The van der Waals surface area contributed by atoms with Crippen LogP contribution in [0.5, 0.6) is 0 Å². The molecule has 1 aromatic carbocycles. The molecule has 20 heavy (non-hydrogen) atoms. The smallest absolute Gasteiger partial charge is 0.244 e. The molecule has 0 atom stereocenters. The molecule has 1 N–H and O–H groups in total. The summed E-state index contributed by atoms with van der Waals surface area (Å²) in [7, 11) is 0. The van der Waals surface area contributed by atoms with E-state index in [-0.39, 0.29) is 5.91 Å². The molecule has 1 amide bonds. The SMILES string of the molecule is Cc1cc(Br)ccc1NC(=O)C1(C#N)CCCCCC1. The normalized spacial score (nSPS) is 17.9. The number of nitrogens with one attached hydrogen (secondary N) is 1. The van der Waals surface area contributed by atoms with Gasteiger partial charge in [0.05, 0.1) is 6.07 Å². The monoisotopic (exact) mass is 334 g/mol. The van der Waals surface area contributed by atoms with Gasteiger partial charge in [0.2, 0.25) is 5.91 Å². The van der Waals surface area contributed by atoms with Gasteiger partial charge >= 0.3 is 0 Å². The summed E-state index contributed by atoms with van der Waals surface area (Å²) in [5.74, 6) is -0.146. The van der Waals surface area contributed by atoms with E-state index in [1.54, 1.807) is 0 Å². The zero-order chi connectivity index (χ0) is 14.6. The van der Waals surface area contributed by atoms with Crippen LogP contribution in [0.4, 0.5) is 5.69 Å². The van der Waals surface area contributed by atoms with Crippen molar-refractivity contribution in [3.05, 3.63) is 28.2 Å². The first-order valence-corrected chi connectivity index (χ1v) is 7.85. The molecule has 0 aliphatic heterocycles. The zero-order valence-corrected chi connectivity index (χ0v) is 13.3. The quantitative estimate of drug-likeness (QED) is 0.806. The number of halogens is 1. The van der Waals surface area contributed by atoms with Crippen molar-refractivity contribution in [2.75, 3.05) is 5.32 Å². The number of anilines is 1. The Hall–Kier alpha value is -1.34. The first kappa shape index (κ1) is 15.1. The Kier molecular flexibility index (Phi) is 4.82. The minimum atomic E-state index is -0.851. The number of nitrogens with zero attached hydrogens (tertiary/aromatic N) is 1. The van der Waals surface area contributed by atoms with Crippen molar-refractivity contribution in [1.29, 1.82) is 5.26 Å². The standard InChI is InChI=1S/C16H19BrN2O/c1-12-10-13(17)6-7-14(12)19-15(20)16(11-18)8-4-2-3-5-9-16/h6-7,10H,2-5,8-9H2,1H3,(H,19,20). The third-order valence-electron chi connectivity index (χ3n) is 4.04. The summed E-state index contributed by atoms with van der Waals surface area (Å²) in [4.78, 5) is 12.6. The predicted molar refractivity (Wildman–Crippen MR) is 83.3 cm³/mol. The average molecular weight is 335 g/mol. The zero-order valence-electron chi connectivity index (χ0n) is 11.7. The summed E-state index contributed by atoms with van der Waals surface area (Å²) in [6.45, 7) is 1.95. The Morgan fingerprint density at radius 3 is 2.50 bits per heavy atom. The Morgan fingerprint density at radius 1 is 1.30 bits per heavy atom. The van der Waals surface area contributed by atoms with Gasteiger partial charge in [0.15, 0.2) is 0 Å². The molecule has 1 aliphatic rings. The molecule has 0 heterocycles. The van der Waals surface area contributed by atoms with E-state index in [9.17, 15) is 10.1 Å². The molecule has 1 saturated carbocycles. The van der Waals surface area contributed by atoms with E-state index in [4.69, 9.17) is 0 Å². The van der Waals surface area contributed by atoms with Gasteiger partial charge in [0, 0.05) is 10.2 Å². The third kappa shape index (κ3) is 3.21. The molecule has 4 heteroatoms. The van der Waals surface area contributed by atoms with Crippen molar-refractivity contribution in [3.8, 4) is 6.07 Å². The Bertz CT molecular complexity index is 540. The second-order valence-corrected chi connectivity index (χ2v) is 6.44. The van der Waals surface area contributed by atoms with Crippen LogP contribution in [-0.4, -0.2) is 5.91 Å². The second kappa shape index (κ2) is 6.41. The molecule has 1 aliphatic carbocycles. The minimum Gasteiger partial charge on any atom is -0.324 e. The van der Waals surface area contributed by atoms with Gasteiger partial charge in [-0.1, -0.05) is 41.6 Å². The van der Waals surface area contributed by atoms with Crippen LogP contribution in [0.1, 0.15) is 44.1 Å². The maximum atomic E-state index is 12.6. The van der Waals surface area contributed by atoms with Crippen molar-refractivity contribution in [2.45, 2.75) is 45.4 Å². The van der Waals surface area contributed by atoms with Crippen LogP contribution in [0, 0.1) is 23.7 Å². The highest BCUT2D eigenvalue weighted by Crippen LogP contribution is 2.36. The first-order valence-electron chi connectivity index (χ1n) is 7.06. The predicted octanol–water partition coefficient (Wildman–Crippen LogP) is 4.56. The van der Waals surface area contributed by atoms with Gasteiger partial charge in [0.1, 0.15) is 5.41 Å². The maximum absolute atomic E-state index is 12.6. The van der Waals surface area contributed by atoms with Crippen molar-refractivity contribution in [2.24, 2.45) is 5.41 Å². The summed E-state index contributed by atoms with van der Waals surface area (Å²) in [6.07, 6.45) is 5.50. The number of carbonyl (C=O) groups excluding carboxylic acids is 1. The Labute approximate surface area is 128 Å². The molecule has 0 unspecified atom stereocenters. The van der Waals surface area contributed by atoms with Crippen LogP contribution in [0.15, 0.2) is 22.7 Å². The fourth-order valence-corrected chi connectivity index (χ4v) is 3.21. The van der Waals surface area contributed by atoms with Crippen LogP contribution in [0.25, 0.3) is 0 Å². The summed E-state index contributed by atoms with van der Waals surface area (Å²) in [6, 6.07) is 8.02. The number of carbonyl (C=O) groups is 1. The third-order valence-corrected chi connectivity index (χ3v) is 4.54. The van der Waals surface area contributed by atoms with E-state index in [2.05, 4.69) is 27.3 Å². The van der Waals surface area contributed by atoms with Gasteiger partial charge < -0.3 is 5.32 Å². The lowest BCUT2D eigenvalue weighted by molar-refractivity contribution is -0.123. The lowest BCUT2D eigenvalue weighted by Gasteiger charge is -2.24. The van der Waals surface area contributed by atoms with Crippen LogP contribution in [0.3, 0.4) is 0 Å². The number of amides is 1. The molecule has 0 saturated heterocycles. The highest BCUT2D eigenvalue weighted by atomic mass is 79.9. The molecule has 0 aromatic heterocycles. The van der Waals surface area contributed by atoms with Gasteiger partial charge in [-0.05, 0) is 43.5 Å². The highest BCUT2D eigenvalue weighted by Gasteiger charge is 2.38. The number of hydrogen-bond acceptors (Lipinski definition) is 2. The minimum absolute atomic E-state index is 0.146. The fraction of sp³-hybridized carbons (Fsp3) is 0.500. The van der Waals surface area contributed by atoms with Gasteiger partial charge in [0.25, 0.3) is 0 Å². The van der Waals surface area contributed by atoms with Crippen molar-refractivity contribution >= 4 is 27.5 Å². The molecular formula is C16H19BrN2O. The number of rotatable bonds is 2. The van der Waals surface area contributed by atoms with E-state index in [1.807, 2.05) is 25.1 Å². The lowest BCUT2D eigenvalue weighted by Crippen LogP contribution is -2.34. The Balaban J connectivity index is 2.19. The lowest BCUT2D eigenvalue weighted by atomic mass is 9.81. The van der Waals surface area contributed by atoms with Gasteiger partial charge in [-0.2, -0.15) is 5.26 Å². The molecule has 1 aromatic rings. The summed E-state index contributed by atoms with van der Waals surface area (Å²) < 4.78 is 0.984. The topological polar surface area (TPSA) is 52.9 Å². The molecule has 106 valence electrons. The van der Waals surface area contributed by atoms with Crippen LogP contribution >= 0.6 is 15.9 Å². The van der Waals surface area contributed by atoms with Gasteiger partial charge in [-0.15, -0.1) is 0 Å². The number of aryl methyl sites for hydroxylation is 1. The van der Waals surface area contributed by atoms with E-state index < -0.39 is 5.41 Å². The largest absolute Gasteiger partial charge is 0.324 e. The van der Waals surface area contributed by atoms with Crippen LogP contribution < -0.4 is 5.32 Å². The molecule has 3 nitrogen and oxygen atoms in total. The van der Waals surface area contributed by atoms with E-state index in [0.717, 1.165) is 41.4 Å². The fourth-order valence-electron chi connectivity index (χ4n) is 2.73. The molecular weight excluding hydrogens is 316 g/mol. The molecule has 0 radical (unpaired) electrons. The van der Waals surface area contributed by atoms with E-state index >= 15 is 0 Å². The first-order chi connectivity index (χ1) is 9.57. The molecule has 0 bridgehead atoms. The maximum Gasteiger partial charge on any atom is 0.244 e. The van der Waals surface area contributed by atoms with Crippen LogP contribution in [0.2, 0.25) is 0 Å². The van der Waals surface area contributed by atoms with E-state index in [1.165, 1.54) is 0 Å². The summed E-state index contributed by atoms with van der Waals surface area (Å²) in [5.41, 5.74) is 0.933. The summed E-state index contributed by atoms with van der Waals surface area (Å²) >= 11 is 3.41. The van der Waals surface area contributed by atoms with Gasteiger partial charge in [-0.25, -0.2) is 0 Å². The molecule has 2 rings (SSSR count). The van der Waals surface area contributed by atoms with E-state index in [0.29, 0.717) is 12.8 Å². The Morgan fingerprint density at radius 2 is 1.95 bits per heavy atom. The average Bonchev–Trinajstić information content (AvgIpc) is 2.68. The molecule has 1 fully saturated rings. The van der Waals surface area contributed by atoms with Crippen molar-refractivity contribution in [1.82, 2.24) is 0 Å². The summed E-state index contributed by atoms with van der Waals surface area (Å²) in [5, 5.41) is 12.5. The number of hydrogen-bond donors (Lipinski definition) is 1. The molecule has 0 spiro atoms. The number of nitriles is 1.